The Morgan fingerprint density at radius 2 is 1.71 bits per heavy atom. The number of hydrogen-bond acceptors (Lipinski definition) is 4. The maximum absolute atomic E-state index is 13.5. The van der Waals surface area contributed by atoms with E-state index >= 15 is 0 Å². The summed E-state index contributed by atoms with van der Waals surface area (Å²) in [7, 11) is 0. The van der Waals surface area contributed by atoms with Gasteiger partial charge in [0.2, 0.25) is 5.91 Å². The summed E-state index contributed by atoms with van der Waals surface area (Å²) in [6.45, 7) is 0.238. The second kappa shape index (κ2) is 10.6. The molecule has 0 radical (unpaired) electrons. The molecule has 1 atom stereocenters. The molecule has 3 aromatic carbocycles. The molecule has 3 aromatic rings. The van der Waals surface area contributed by atoms with Gasteiger partial charge in [0.1, 0.15) is 22.5 Å². The van der Waals surface area contributed by atoms with Gasteiger partial charge in [-0.05, 0) is 53.9 Å². The number of benzene rings is 3. The third kappa shape index (κ3) is 5.30. The molecule has 0 spiro atoms. The highest BCUT2D eigenvalue weighted by Crippen LogP contribution is 2.42. The van der Waals surface area contributed by atoms with Crippen LogP contribution in [-0.2, 0) is 22.6 Å². The largest absolute Gasteiger partial charge is 0.347 e. The van der Waals surface area contributed by atoms with Gasteiger partial charge in [-0.25, -0.2) is 4.39 Å². The molecule has 1 fully saturated rings. The number of rotatable bonds is 6. The predicted octanol–water partition coefficient (Wildman–Crippen LogP) is 5.22. The van der Waals surface area contributed by atoms with E-state index in [9.17, 15) is 19.2 Å². The van der Waals surface area contributed by atoms with Gasteiger partial charge in [-0.15, -0.1) is 0 Å². The fourth-order valence-corrected chi connectivity index (χ4v) is 4.95. The fourth-order valence-electron chi connectivity index (χ4n) is 3.51. The number of anilines is 1. The van der Waals surface area contributed by atoms with Crippen LogP contribution >= 0.6 is 23.4 Å². The van der Waals surface area contributed by atoms with Crippen molar-refractivity contribution in [2.75, 3.05) is 4.90 Å². The maximum atomic E-state index is 13.5. The zero-order chi connectivity index (χ0) is 24.1. The van der Waals surface area contributed by atoms with Crippen LogP contribution in [0.5, 0.6) is 0 Å². The first-order valence-electron chi connectivity index (χ1n) is 10.4. The van der Waals surface area contributed by atoms with Gasteiger partial charge in [-0.2, -0.15) is 5.26 Å². The van der Waals surface area contributed by atoms with Crippen LogP contribution in [0.2, 0.25) is 5.02 Å². The van der Waals surface area contributed by atoms with Crippen LogP contribution in [0, 0.1) is 17.1 Å². The van der Waals surface area contributed by atoms with Crippen LogP contribution in [0.15, 0.2) is 89.5 Å². The zero-order valence-electron chi connectivity index (χ0n) is 17.9. The lowest BCUT2D eigenvalue weighted by atomic mass is 10.1. The monoisotopic (exact) mass is 491 g/mol. The molecule has 1 N–H and O–H groups in total. The van der Waals surface area contributed by atoms with Crippen molar-refractivity contribution in [3.8, 4) is 6.07 Å². The average molecular weight is 492 g/mol. The number of nitriles is 1. The normalized spacial score (nSPS) is 16.8. The number of halogens is 2. The number of carbonyl (C=O) groups is 2. The van der Waals surface area contributed by atoms with Crippen molar-refractivity contribution in [1.29, 1.82) is 5.26 Å². The highest BCUT2D eigenvalue weighted by molar-refractivity contribution is 8.05. The summed E-state index contributed by atoms with van der Waals surface area (Å²) in [5, 5.41) is 12.9. The summed E-state index contributed by atoms with van der Waals surface area (Å²) in [5.74, 6) is -1.32. The van der Waals surface area contributed by atoms with Crippen molar-refractivity contribution in [2.45, 2.75) is 18.2 Å². The molecule has 170 valence electrons. The van der Waals surface area contributed by atoms with E-state index in [0.717, 1.165) is 22.9 Å². The Labute approximate surface area is 205 Å². The standard InChI is InChI=1S/C26H19ClFN3O2S/c27-19-8-6-17(7-9-19)14-23-25(33)31(21-12-10-20(28)11-13-21)26(34-23)22(15-29)24(32)30-16-18-4-2-1-3-5-18/h1-13,23H,14,16H2,(H,30,32)/b26-22-. The minimum Gasteiger partial charge on any atom is -0.347 e. The summed E-state index contributed by atoms with van der Waals surface area (Å²) < 4.78 is 13.5. The maximum Gasteiger partial charge on any atom is 0.264 e. The number of nitrogens with one attached hydrogen (secondary N) is 1. The van der Waals surface area contributed by atoms with Crippen LogP contribution in [0.1, 0.15) is 11.1 Å². The van der Waals surface area contributed by atoms with Gasteiger partial charge in [0.05, 0.1) is 5.25 Å². The van der Waals surface area contributed by atoms with Gasteiger partial charge in [-0.1, -0.05) is 65.8 Å². The Kier molecular flexibility index (Phi) is 7.31. The van der Waals surface area contributed by atoms with Gasteiger partial charge in [0.15, 0.2) is 0 Å². The van der Waals surface area contributed by atoms with Crippen LogP contribution < -0.4 is 10.2 Å². The molecule has 2 amide bonds. The summed E-state index contributed by atoms with van der Waals surface area (Å²) in [4.78, 5) is 27.7. The third-order valence-corrected chi connectivity index (χ3v) is 6.74. The topological polar surface area (TPSA) is 73.2 Å². The molecule has 0 aromatic heterocycles. The van der Waals surface area contributed by atoms with Crippen molar-refractivity contribution in [3.05, 3.63) is 111 Å². The highest BCUT2D eigenvalue weighted by atomic mass is 35.5. The minimum absolute atomic E-state index is 0.169. The molecule has 34 heavy (non-hydrogen) atoms. The van der Waals surface area contributed by atoms with Crippen molar-refractivity contribution < 1.29 is 14.0 Å². The van der Waals surface area contributed by atoms with E-state index in [1.807, 2.05) is 48.5 Å². The molecule has 1 aliphatic heterocycles. The summed E-state index contributed by atoms with van der Waals surface area (Å²) in [5.41, 5.74) is 1.99. The second-order valence-electron chi connectivity index (χ2n) is 7.55. The van der Waals surface area contributed by atoms with E-state index in [-0.39, 0.29) is 23.1 Å². The molecular formula is C26H19ClFN3O2S. The Balaban J connectivity index is 1.66. The molecule has 0 saturated carbocycles. The van der Waals surface area contributed by atoms with E-state index < -0.39 is 17.0 Å². The number of hydrogen-bond donors (Lipinski definition) is 1. The molecule has 0 bridgehead atoms. The minimum atomic E-state index is -0.582. The number of carbonyl (C=O) groups excluding carboxylic acids is 2. The molecule has 1 saturated heterocycles. The molecule has 8 heteroatoms. The first kappa shape index (κ1) is 23.6. The molecular weight excluding hydrogens is 473 g/mol. The van der Waals surface area contributed by atoms with Gasteiger partial charge >= 0.3 is 0 Å². The fraction of sp³-hybridized carbons (Fsp3) is 0.115. The van der Waals surface area contributed by atoms with Gasteiger partial charge < -0.3 is 5.32 Å². The van der Waals surface area contributed by atoms with Crippen LogP contribution in [0.25, 0.3) is 0 Å². The van der Waals surface area contributed by atoms with Gasteiger partial charge in [0, 0.05) is 17.3 Å². The predicted molar refractivity (Wildman–Crippen MR) is 131 cm³/mol. The van der Waals surface area contributed by atoms with E-state index in [2.05, 4.69) is 5.32 Å². The summed E-state index contributed by atoms with van der Waals surface area (Å²) in [6, 6.07) is 23.8. The first-order valence-corrected chi connectivity index (χ1v) is 11.7. The van der Waals surface area contributed by atoms with Gasteiger partial charge in [-0.3, -0.25) is 14.5 Å². The molecule has 1 heterocycles. The third-order valence-electron chi connectivity index (χ3n) is 5.22. The Morgan fingerprint density at radius 1 is 1.03 bits per heavy atom. The molecule has 1 unspecified atom stereocenters. The zero-order valence-corrected chi connectivity index (χ0v) is 19.4. The molecule has 5 nitrogen and oxygen atoms in total. The highest BCUT2D eigenvalue weighted by Gasteiger charge is 2.40. The van der Waals surface area contributed by atoms with Crippen LogP contribution in [0.3, 0.4) is 0 Å². The van der Waals surface area contributed by atoms with Crippen molar-refractivity contribution in [1.82, 2.24) is 5.32 Å². The number of thioether (sulfide) groups is 1. The Hall–Kier alpha value is -3.60. The first-order chi connectivity index (χ1) is 16.5. The second-order valence-corrected chi connectivity index (χ2v) is 9.18. The lowest BCUT2D eigenvalue weighted by Gasteiger charge is -2.18. The molecule has 4 rings (SSSR count). The average Bonchev–Trinajstić information content (AvgIpc) is 3.16. The van der Waals surface area contributed by atoms with Crippen molar-refractivity contribution in [3.63, 3.8) is 0 Å². The van der Waals surface area contributed by atoms with E-state index in [1.54, 1.807) is 12.1 Å². The SMILES string of the molecule is N#C/C(C(=O)NCc1ccccc1)=C1/SC(Cc2ccc(Cl)cc2)C(=O)N1c1ccc(F)cc1. The van der Waals surface area contributed by atoms with Crippen molar-refractivity contribution in [2.24, 2.45) is 0 Å². The van der Waals surface area contributed by atoms with E-state index in [4.69, 9.17) is 11.6 Å². The van der Waals surface area contributed by atoms with E-state index in [0.29, 0.717) is 17.1 Å². The number of amides is 2. The smallest absolute Gasteiger partial charge is 0.264 e. The van der Waals surface area contributed by atoms with E-state index in [1.165, 1.54) is 29.2 Å². The Morgan fingerprint density at radius 3 is 2.35 bits per heavy atom. The van der Waals surface area contributed by atoms with Crippen molar-refractivity contribution >= 4 is 40.9 Å². The van der Waals surface area contributed by atoms with Crippen LogP contribution in [-0.4, -0.2) is 17.1 Å². The lowest BCUT2D eigenvalue weighted by Crippen LogP contribution is -2.32. The number of nitrogens with zero attached hydrogens (tertiary/aromatic N) is 2. The van der Waals surface area contributed by atoms with Crippen LogP contribution in [0.4, 0.5) is 10.1 Å². The molecule has 0 aliphatic carbocycles. The summed E-state index contributed by atoms with van der Waals surface area (Å²) >= 11 is 7.12. The molecule has 1 aliphatic rings. The Bertz CT molecular complexity index is 1270. The summed E-state index contributed by atoms with van der Waals surface area (Å²) in [6.07, 6.45) is 0.381. The van der Waals surface area contributed by atoms with Gasteiger partial charge in [0.25, 0.3) is 5.91 Å². The lowest BCUT2D eigenvalue weighted by molar-refractivity contribution is -0.117. The quantitative estimate of drug-likeness (QED) is 0.379.